The van der Waals surface area contributed by atoms with Crippen LogP contribution in [0, 0.1) is 6.92 Å². The SMILES string of the molecule is Cc1ccc(-c2nnc(CCC(=O)ON3C(=O)c4ccccc4C3=O)o2)cc1. The maximum atomic E-state index is 12.2. The van der Waals surface area contributed by atoms with Crippen LogP contribution in [0.1, 0.15) is 38.6 Å². The third-order valence-electron chi connectivity index (χ3n) is 4.26. The third-order valence-corrected chi connectivity index (χ3v) is 4.26. The van der Waals surface area contributed by atoms with E-state index in [1.165, 1.54) is 12.1 Å². The Morgan fingerprint density at radius 2 is 1.64 bits per heavy atom. The van der Waals surface area contributed by atoms with Gasteiger partial charge in [0.25, 0.3) is 11.8 Å². The molecule has 0 aliphatic carbocycles. The summed E-state index contributed by atoms with van der Waals surface area (Å²) in [6, 6.07) is 13.9. The molecule has 0 radical (unpaired) electrons. The molecular formula is C20H15N3O5. The lowest BCUT2D eigenvalue weighted by Gasteiger charge is -2.12. The van der Waals surface area contributed by atoms with Gasteiger partial charge in [-0.1, -0.05) is 34.9 Å². The van der Waals surface area contributed by atoms with Crippen molar-refractivity contribution < 1.29 is 23.6 Å². The van der Waals surface area contributed by atoms with Gasteiger partial charge in [0.05, 0.1) is 17.5 Å². The molecule has 0 unspecified atom stereocenters. The Hall–Kier alpha value is -3.81. The van der Waals surface area contributed by atoms with Gasteiger partial charge in [0, 0.05) is 12.0 Å². The molecule has 8 nitrogen and oxygen atoms in total. The minimum Gasteiger partial charge on any atom is -0.421 e. The average Bonchev–Trinajstić information content (AvgIpc) is 3.27. The molecule has 4 rings (SSSR count). The molecule has 0 spiro atoms. The normalized spacial score (nSPS) is 13.0. The first-order valence-corrected chi connectivity index (χ1v) is 8.61. The fourth-order valence-electron chi connectivity index (χ4n) is 2.77. The molecule has 1 aliphatic rings. The summed E-state index contributed by atoms with van der Waals surface area (Å²) in [4.78, 5) is 41.4. The van der Waals surface area contributed by atoms with Gasteiger partial charge in [0.15, 0.2) is 0 Å². The summed E-state index contributed by atoms with van der Waals surface area (Å²) in [5.41, 5.74) is 2.30. The van der Waals surface area contributed by atoms with Crippen LogP contribution in [0.3, 0.4) is 0 Å². The number of fused-ring (bicyclic) bond motifs is 1. The van der Waals surface area contributed by atoms with E-state index < -0.39 is 17.8 Å². The van der Waals surface area contributed by atoms with E-state index in [1.807, 2.05) is 31.2 Å². The number of benzene rings is 2. The van der Waals surface area contributed by atoms with Crippen LogP contribution >= 0.6 is 0 Å². The van der Waals surface area contributed by atoms with Crippen LogP contribution in [0.15, 0.2) is 52.9 Å². The van der Waals surface area contributed by atoms with Gasteiger partial charge in [-0.2, -0.15) is 0 Å². The first kappa shape index (κ1) is 17.6. The maximum absolute atomic E-state index is 12.2. The van der Waals surface area contributed by atoms with E-state index in [0.29, 0.717) is 11.0 Å². The van der Waals surface area contributed by atoms with Crippen molar-refractivity contribution in [1.29, 1.82) is 0 Å². The smallest absolute Gasteiger partial charge is 0.333 e. The van der Waals surface area contributed by atoms with E-state index in [-0.39, 0.29) is 29.9 Å². The molecule has 0 bridgehead atoms. The van der Waals surface area contributed by atoms with Crippen molar-refractivity contribution in [2.45, 2.75) is 19.8 Å². The van der Waals surface area contributed by atoms with Crippen LogP contribution < -0.4 is 0 Å². The minimum absolute atomic E-state index is 0.122. The molecule has 0 N–H and O–H groups in total. The van der Waals surface area contributed by atoms with Crippen molar-refractivity contribution in [2.24, 2.45) is 0 Å². The first-order valence-electron chi connectivity index (χ1n) is 8.61. The summed E-state index contributed by atoms with van der Waals surface area (Å²) in [5, 5.41) is 8.35. The summed E-state index contributed by atoms with van der Waals surface area (Å²) >= 11 is 0. The highest BCUT2D eigenvalue weighted by Gasteiger charge is 2.38. The predicted molar refractivity (Wildman–Crippen MR) is 95.8 cm³/mol. The largest absolute Gasteiger partial charge is 0.421 e. The topological polar surface area (TPSA) is 103 Å². The second-order valence-electron chi connectivity index (χ2n) is 6.28. The van der Waals surface area contributed by atoms with Gasteiger partial charge in [-0.25, -0.2) is 4.79 Å². The minimum atomic E-state index is -0.746. The van der Waals surface area contributed by atoms with Gasteiger partial charge in [0.2, 0.25) is 11.8 Å². The van der Waals surface area contributed by atoms with Crippen LogP contribution in [-0.4, -0.2) is 33.0 Å². The fourth-order valence-corrected chi connectivity index (χ4v) is 2.77. The molecule has 2 amide bonds. The average molecular weight is 377 g/mol. The lowest BCUT2D eigenvalue weighted by Crippen LogP contribution is -2.32. The first-order chi connectivity index (χ1) is 13.5. The zero-order valence-electron chi connectivity index (χ0n) is 14.9. The number of carbonyl (C=O) groups is 3. The molecule has 140 valence electrons. The Morgan fingerprint density at radius 3 is 2.29 bits per heavy atom. The van der Waals surface area contributed by atoms with Crippen LogP contribution in [-0.2, 0) is 16.1 Å². The third kappa shape index (κ3) is 3.27. The number of hydroxylamine groups is 2. The van der Waals surface area contributed by atoms with Crippen molar-refractivity contribution in [3.8, 4) is 11.5 Å². The summed E-state index contributed by atoms with van der Waals surface area (Å²) in [5.74, 6) is -1.45. The lowest BCUT2D eigenvalue weighted by molar-refractivity contribution is -0.168. The molecule has 0 saturated carbocycles. The number of imide groups is 1. The molecule has 8 heteroatoms. The molecule has 28 heavy (non-hydrogen) atoms. The highest BCUT2D eigenvalue weighted by molar-refractivity contribution is 6.20. The van der Waals surface area contributed by atoms with E-state index in [0.717, 1.165) is 11.1 Å². The summed E-state index contributed by atoms with van der Waals surface area (Å²) < 4.78 is 5.55. The quantitative estimate of drug-likeness (QED) is 0.630. The van der Waals surface area contributed by atoms with Crippen molar-refractivity contribution >= 4 is 17.8 Å². The van der Waals surface area contributed by atoms with Crippen LogP contribution in [0.5, 0.6) is 0 Å². The van der Waals surface area contributed by atoms with E-state index in [4.69, 9.17) is 9.25 Å². The number of aryl methyl sites for hydroxylation is 2. The van der Waals surface area contributed by atoms with E-state index in [1.54, 1.807) is 12.1 Å². The van der Waals surface area contributed by atoms with Crippen LogP contribution in [0.25, 0.3) is 11.5 Å². The number of aromatic nitrogens is 2. The second-order valence-corrected chi connectivity index (χ2v) is 6.28. The van der Waals surface area contributed by atoms with Gasteiger partial charge < -0.3 is 9.25 Å². The van der Waals surface area contributed by atoms with Gasteiger partial charge in [-0.05, 0) is 31.2 Å². The van der Waals surface area contributed by atoms with Gasteiger partial charge in [-0.15, -0.1) is 10.2 Å². The molecule has 0 atom stereocenters. The van der Waals surface area contributed by atoms with Crippen LogP contribution in [0.4, 0.5) is 0 Å². The Balaban J connectivity index is 1.36. The monoisotopic (exact) mass is 377 g/mol. The van der Waals surface area contributed by atoms with E-state index >= 15 is 0 Å². The standard InChI is InChI=1S/C20H15N3O5/c1-12-6-8-13(9-7-12)18-22-21-16(27-18)10-11-17(24)28-23-19(25)14-4-2-3-5-15(14)20(23)26/h2-9H,10-11H2,1H3. The molecule has 1 aromatic heterocycles. The molecule has 2 aromatic carbocycles. The summed E-state index contributed by atoms with van der Waals surface area (Å²) in [6.45, 7) is 1.98. The van der Waals surface area contributed by atoms with Gasteiger partial charge >= 0.3 is 5.97 Å². The fraction of sp³-hybridized carbons (Fsp3) is 0.150. The summed E-state index contributed by atoms with van der Waals surface area (Å²) in [6.07, 6.45) is 0.00377. The number of hydrogen-bond donors (Lipinski definition) is 0. The second kappa shape index (κ2) is 7.07. The molecule has 1 aliphatic heterocycles. The Morgan fingerprint density at radius 1 is 1.00 bits per heavy atom. The Bertz CT molecular complexity index is 1040. The lowest BCUT2D eigenvalue weighted by atomic mass is 10.1. The van der Waals surface area contributed by atoms with Gasteiger partial charge in [-0.3, -0.25) is 9.59 Å². The van der Waals surface area contributed by atoms with Crippen molar-refractivity contribution in [3.05, 3.63) is 71.1 Å². The van der Waals surface area contributed by atoms with E-state index in [9.17, 15) is 14.4 Å². The number of rotatable bonds is 5. The Labute approximate surface area is 159 Å². The van der Waals surface area contributed by atoms with Crippen molar-refractivity contribution in [1.82, 2.24) is 15.3 Å². The molecular weight excluding hydrogens is 362 g/mol. The number of carbonyl (C=O) groups excluding carboxylic acids is 3. The Kier molecular flexibility index (Phi) is 4.44. The highest BCUT2D eigenvalue weighted by Crippen LogP contribution is 2.23. The molecule has 0 fully saturated rings. The number of hydrogen-bond acceptors (Lipinski definition) is 7. The van der Waals surface area contributed by atoms with Gasteiger partial charge in [0.1, 0.15) is 0 Å². The zero-order chi connectivity index (χ0) is 19.7. The highest BCUT2D eigenvalue weighted by atomic mass is 16.7. The number of nitrogens with zero attached hydrogens (tertiary/aromatic N) is 3. The maximum Gasteiger partial charge on any atom is 0.333 e. The number of amides is 2. The summed E-state index contributed by atoms with van der Waals surface area (Å²) in [7, 11) is 0. The zero-order valence-corrected chi connectivity index (χ0v) is 14.9. The van der Waals surface area contributed by atoms with Crippen molar-refractivity contribution in [2.75, 3.05) is 0 Å². The molecule has 3 aromatic rings. The molecule has 2 heterocycles. The predicted octanol–water partition coefficient (Wildman–Crippen LogP) is 2.73. The van der Waals surface area contributed by atoms with E-state index in [2.05, 4.69) is 10.2 Å². The van der Waals surface area contributed by atoms with Crippen molar-refractivity contribution in [3.63, 3.8) is 0 Å². The van der Waals surface area contributed by atoms with Crippen LogP contribution in [0.2, 0.25) is 0 Å². The molecule has 0 saturated heterocycles.